The smallest absolute Gasteiger partial charge is 0.238 e. The monoisotopic (exact) mass is 321 g/mol. The van der Waals surface area contributed by atoms with Crippen molar-refractivity contribution in [3.05, 3.63) is 29.8 Å². The van der Waals surface area contributed by atoms with Crippen LogP contribution in [0.15, 0.2) is 18.2 Å². The number of nitrogens with one attached hydrogen (secondary N) is 1. The first-order chi connectivity index (χ1) is 9.23. The lowest BCUT2D eigenvalue weighted by molar-refractivity contribution is -0.117. The van der Waals surface area contributed by atoms with Gasteiger partial charge in [0.2, 0.25) is 5.91 Å². The van der Waals surface area contributed by atoms with E-state index in [4.69, 9.17) is 5.73 Å². The van der Waals surface area contributed by atoms with Gasteiger partial charge in [-0.1, -0.05) is 13.8 Å². The Morgan fingerprint density at radius 3 is 2.48 bits per heavy atom. The largest absolute Gasteiger partial charge is 0.330 e. The summed E-state index contributed by atoms with van der Waals surface area (Å²) >= 11 is 0. The topological polar surface area (TPSA) is 58.4 Å². The van der Waals surface area contributed by atoms with E-state index in [1.165, 1.54) is 6.07 Å². The first-order valence-corrected chi connectivity index (χ1v) is 6.37. The summed E-state index contributed by atoms with van der Waals surface area (Å²) in [6, 6.07) is 3.25. The number of benzene rings is 1. The molecule has 1 rings (SSSR count). The number of hydrogen-bond donors (Lipinski definition) is 2. The van der Waals surface area contributed by atoms with Gasteiger partial charge in [-0.3, -0.25) is 9.69 Å². The lowest BCUT2D eigenvalue weighted by Crippen LogP contribution is -2.40. The van der Waals surface area contributed by atoms with Crippen LogP contribution in [0.4, 0.5) is 14.5 Å². The van der Waals surface area contributed by atoms with Gasteiger partial charge in [0.25, 0.3) is 0 Å². The summed E-state index contributed by atoms with van der Waals surface area (Å²) < 4.78 is 25.8. The van der Waals surface area contributed by atoms with Crippen molar-refractivity contribution >= 4 is 24.0 Å². The van der Waals surface area contributed by atoms with Crippen LogP contribution in [0.2, 0.25) is 0 Å². The molecule has 0 fully saturated rings. The number of hydrogen-bond acceptors (Lipinski definition) is 3. The van der Waals surface area contributed by atoms with Crippen LogP contribution in [0, 0.1) is 17.0 Å². The summed E-state index contributed by atoms with van der Waals surface area (Å²) in [6.07, 6.45) is 0. The number of nitrogens with zero attached hydrogens (tertiary/aromatic N) is 1. The second kappa shape index (κ2) is 8.26. The third-order valence-corrected chi connectivity index (χ3v) is 2.87. The number of anilines is 1. The van der Waals surface area contributed by atoms with Crippen LogP contribution in [0.5, 0.6) is 0 Å². The van der Waals surface area contributed by atoms with Crippen molar-refractivity contribution in [1.29, 1.82) is 0 Å². The number of halogens is 3. The van der Waals surface area contributed by atoms with Crippen molar-refractivity contribution in [3.8, 4) is 0 Å². The van der Waals surface area contributed by atoms with Crippen LogP contribution < -0.4 is 11.1 Å². The Hall–Kier alpha value is -1.24. The fourth-order valence-electron chi connectivity index (χ4n) is 1.87. The lowest BCUT2D eigenvalue weighted by Gasteiger charge is -2.28. The molecule has 21 heavy (non-hydrogen) atoms. The average molecular weight is 322 g/mol. The number of carbonyl (C=O) groups is 1. The SMILES string of the molecule is CN(CC(=O)Nc1ccc(F)c(F)c1)CC(C)(C)CN.Cl. The van der Waals surface area contributed by atoms with E-state index in [0.29, 0.717) is 13.1 Å². The lowest BCUT2D eigenvalue weighted by atomic mass is 9.93. The normalized spacial score (nSPS) is 11.2. The molecule has 0 aliphatic rings. The average Bonchev–Trinajstić information content (AvgIpc) is 2.33. The standard InChI is InChI=1S/C14H21F2N3O.ClH/c1-14(2,8-17)9-19(3)7-13(20)18-10-4-5-11(15)12(16)6-10;/h4-6H,7-9,17H2,1-3H3,(H,18,20);1H. The maximum atomic E-state index is 13.0. The number of rotatable bonds is 6. The molecule has 0 unspecified atom stereocenters. The van der Waals surface area contributed by atoms with E-state index in [-0.39, 0.29) is 36.0 Å². The second-order valence-corrected chi connectivity index (χ2v) is 5.72. The molecule has 0 saturated carbocycles. The molecule has 120 valence electrons. The maximum absolute atomic E-state index is 13.0. The molecule has 0 aliphatic carbocycles. The highest BCUT2D eigenvalue weighted by Gasteiger charge is 2.19. The molecule has 1 aromatic rings. The molecule has 7 heteroatoms. The van der Waals surface area contributed by atoms with Gasteiger partial charge in [-0.25, -0.2) is 8.78 Å². The summed E-state index contributed by atoms with van der Waals surface area (Å²) in [5.74, 6) is -2.21. The van der Waals surface area contributed by atoms with Gasteiger partial charge in [0, 0.05) is 18.3 Å². The Balaban J connectivity index is 0.00000400. The first-order valence-electron chi connectivity index (χ1n) is 6.37. The van der Waals surface area contributed by atoms with Crippen LogP contribution in [-0.2, 0) is 4.79 Å². The first kappa shape index (κ1) is 19.8. The molecular weight excluding hydrogens is 300 g/mol. The highest BCUT2D eigenvalue weighted by molar-refractivity contribution is 5.92. The molecule has 0 bridgehead atoms. The van der Waals surface area contributed by atoms with Crippen LogP contribution in [-0.4, -0.2) is 37.5 Å². The van der Waals surface area contributed by atoms with Crippen molar-refractivity contribution in [2.45, 2.75) is 13.8 Å². The summed E-state index contributed by atoms with van der Waals surface area (Å²) in [6.45, 7) is 5.35. The zero-order valence-electron chi connectivity index (χ0n) is 12.5. The molecule has 4 nitrogen and oxygen atoms in total. The molecule has 0 saturated heterocycles. The highest BCUT2D eigenvalue weighted by atomic mass is 35.5. The number of likely N-dealkylation sites (N-methyl/N-ethyl adjacent to an activating group) is 1. The minimum atomic E-state index is -0.986. The van der Waals surface area contributed by atoms with Gasteiger partial charge in [-0.2, -0.15) is 0 Å². The van der Waals surface area contributed by atoms with Crippen LogP contribution >= 0.6 is 12.4 Å². The molecule has 0 spiro atoms. The molecule has 0 radical (unpaired) electrons. The number of nitrogens with two attached hydrogens (primary N) is 1. The summed E-state index contributed by atoms with van der Waals surface area (Å²) in [5, 5.41) is 2.53. The van der Waals surface area contributed by atoms with E-state index in [2.05, 4.69) is 5.32 Å². The fraction of sp³-hybridized carbons (Fsp3) is 0.500. The number of carbonyl (C=O) groups excluding carboxylic acids is 1. The zero-order valence-corrected chi connectivity index (χ0v) is 13.3. The Bertz CT molecular complexity index is 483. The van der Waals surface area contributed by atoms with Gasteiger partial charge in [0.1, 0.15) is 0 Å². The van der Waals surface area contributed by atoms with E-state index in [1.807, 2.05) is 25.8 Å². The molecule has 0 atom stereocenters. The van der Waals surface area contributed by atoms with Crippen molar-refractivity contribution in [1.82, 2.24) is 4.90 Å². The van der Waals surface area contributed by atoms with E-state index < -0.39 is 11.6 Å². The van der Waals surface area contributed by atoms with E-state index in [1.54, 1.807) is 0 Å². The minimum absolute atomic E-state index is 0. The fourth-order valence-corrected chi connectivity index (χ4v) is 1.87. The molecule has 1 aromatic carbocycles. The van der Waals surface area contributed by atoms with Gasteiger partial charge >= 0.3 is 0 Å². The van der Waals surface area contributed by atoms with Crippen molar-refractivity contribution in [2.75, 3.05) is 32.0 Å². The van der Waals surface area contributed by atoms with Crippen molar-refractivity contribution < 1.29 is 13.6 Å². The summed E-state index contributed by atoms with van der Waals surface area (Å²) in [7, 11) is 1.81. The van der Waals surface area contributed by atoms with Crippen LogP contribution in [0.25, 0.3) is 0 Å². The van der Waals surface area contributed by atoms with Crippen molar-refractivity contribution in [3.63, 3.8) is 0 Å². The Labute approximate surface area is 130 Å². The molecule has 3 N–H and O–H groups in total. The predicted octanol–water partition coefficient (Wildman–Crippen LogP) is 2.24. The number of amides is 1. The Morgan fingerprint density at radius 2 is 1.95 bits per heavy atom. The minimum Gasteiger partial charge on any atom is -0.330 e. The summed E-state index contributed by atoms with van der Waals surface area (Å²) in [4.78, 5) is 13.6. The van der Waals surface area contributed by atoms with E-state index >= 15 is 0 Å². The molecule has 0 heterocycles. The van der Waals surface area contributed by atoms with E-state index in [0.717, 1.165) is 12.1 Å². The molecule has 0 aromatic heterocycles. The molecule has 1 amide bonds. The van der Waals surface area contributed by atoms with Gasteiger partial charge in [0.05, 0.1) is 6.54 Å². The highest BCUT2D eigenvalue weighted by Crippen LogP contribution is 2.15. The van der Waals surface area contributed by atoms with Gasteiger partial charge < -0.3 is 11.1 Å². The third-order valence-electron chi connectivity index (χ3n) is 2.87. The Kier molecular flexibility index (Phi) is 7.78. The third kappa shape index (κ3) is 6.84. The van der Waals surface area contributed by atoms with Gasteiger partial charge in [-0.05, 0) is 31.1 Å². The second-order valence-electron chi connectivity index (χ2n) is 5.72. The summed E-state index contributed by atoms with van der Waals surface area (Å²) in [5.41, 5.74) is 5.79. The van der Waals surface area contributed by atoms with E-state index in [9.17, 15) is 13.6 Å². The molecular formula is C14H22ClF2N3O. The Morgan fingerprint density at radius 1 is 1.33 bits per heavy atom. The van der Waals surface area contributed by atoms with Gasteiger partial charge in [-0.15, -0.1) is 12.4 Å². The van der Waals surface area contributed by atoms with Crippen LogP contribution in [0.1, 0.15) is 13.8 Å². The van der Waals surface area contributed by atoms with Gasteiger partial charge in [0.15, 0.2) is 11.6 Å². The van der Waals surface area contributed by atoms with Crippen LogP contribution in [0.3, 0.4) is 0 Å². The zero-order chi connectivity index (χ0) is 15.3. The maximum Gasteiger partial charge on any atom is 0.238 e. The quantitative estimate of drug-likeness (QED) is 0.845. The van der Waals surface area contributed by atoms with Crippen molar-refractivity contribution in [2.24, 2.45) is 11.1 Å². The molecule has 0 aliphatic heterocycles. The predicted molar refractivity (Wildman–Crippen MR) is 82.6 cm³/mol.